The first-order chi connectivity index (χ1) is 11.9. The number of fused-ring (bicyclic) bond motifs is 1. The van der Waals surface area contributed by atoms with Crippen LogP contribution in [0.3, 0.4) is 0 Å². The Hall–Kier alpha value is -3.23. The van der Waals surface area contributed by atoms with Crippen molar-refractivity contribution in [3.05, 3.63) is 64.6 Å². The van der Waals surface area contributed by atoms with Gasteiger partial charge in [-0.15, -0.1) is 0 Å². The van der Waals surface area contributed by atoms with Crippen LogP contribution in [0.1, 0.15) is 5.56 Å². The van der Waals surface area contributed by atoms with Crippen LogP contribution in [0.15, 0.2) is 57.7 Å². The second kappa shape index (κ2) is 6.34. The largest absolute Gasteiger partial charge is 0.420 e. The average Bonchev–Trinajstić information content (AvgIpc) is 2.88. The Bertz CT molecular complexity index is 976. The number of hydrogen-bond acceptors (Lipinski definition) is 4. The monoisotopic (exact) mass is 351 g/mol. The van der Waals surface area contributed by atoms with Crippen LogP contribution < -0.4 is 16.6 Å². The van der Waals surface area contributed by atoms with Gasteiger partial charge in [0.25, 0.3) is 5.91 Å². The topological polar surface area (TPSA) is 76.3 Å². The minimum Gasteiger partial charge on any atom is -0.408 e. The molecule has 2 aromatic carbocycles. The third kappa shape index (κ3) is 3.49. The van der Waals surface area contributed by atoms with Crippen LogP contribution in [0, 0.1) is 0 Å². The molecular weight excluding hydrogens is 339 g/mol. The number of carbonyl (C=O) groups excluding carboxylic acids is 1. The lowest BCUT2D eigenvalue weighted by atomic mass is 10.2. The molecule has 0 saturated heterocycles. The zero-order chi connectivity index (χ0) is 18.0. The van der Waals surface area contributed by atoms with Crippen LogP contribution >= 0.6 is 0 Å². The molecule has 0 fully saturated rings. The van der Waals surface area contributed by atoms with E-state index in [0.29, 0.717) is 11.1 Å². The SMILES string of the molecule is O=C(Cn1c(=O)oc2ccccc21)NNc1ccccc1C(F)(F)F. The highest BCUT2D eigenvalue weighted by Crippen LogP contribution is 2.34. The highest BCUT2D eigenvalue weighted by atomic mass is 19.4. The Kier molecular flexibility index (Phi) is 4.22. The van der Waals surface area contributed by atoms with Gasteiger partial charge in [-0.1, -0.05) is 24.3 Å². The number of carbonyl (C=O) groups is 1. The molecule has 0 aliphatic carbocycles. The summed E-state index contributed by atoms with van der Waals surface area (Å²) in [6.07, 6.45) is -4.56. The molecule has 130 valence electrons. The van der Waals surface area contributed by atoms with Gasteiger partial charge in [0.15, 0.2) is 5.58 Å². The smallest absolute Gasteiger partial charge is 0.408 e. The van der Waals surface area contributed by atoms with E-state index in [-0.39, 0.29) is 5.69 Å². The third-order valence-electron chi connectivity index (χ3n) is 3.44. The molecule has 0 spiro atoms. The number of oxazole rings is 1. The second-order valence-electron chi connectivity index (χ2n) is 5.14. The highest BCUT2D eigenvalue weighted by Gasteiger charge is 2.33. The van der Waals surface area contributed by atoms with Gasteiger partial charge in [-0.3, -0.25) is 20.2 Å². The summed E-state index contributed by atoms with van der Waals surface area (Å²) in [5, 5.41) is 0. The Morgan fingerprint density at radius 2 is 1.76 bits per heavy atom. The molecule has 1 aromatic heterocycles. The molecule has 0 atom stereocenters. The van der Waals surface area contributed by atoms with Crippen LogP contribution in [-0.2, 0) is 17.5 Å². The van der Waals surface area contributed by atoms with E-state index in [1.165, 1.54) is 18.2 Å². The van der Waals surface area contributed by atoms with Gasteiger partial charge < -0.3 is 4.42 Å². The van der Waals surface area contributed by atoms with Crippen molar-refractivity contribution >= 4 is 22.7 Å². The molecule has 0 aliphatic rings. The summed E-state index contributed by atoms with van der Waals surface area (Å²) < 4.78 is 44.8. The molecule has 0 saturated carbocycles. The Morgan fingerprint density at radius 1 is 1.08 bits per heavy atom. The Balaban J connectivity index is 1.74. The first-order valence-corrected chi connectivity index (χ1v) is 7.16. The molecular formula is C16H12F3N3O3. The summed E-state index contributed by atoms with van der Waals surface area (Å²) in [6, 6.07) is 11.2. The molecule has 3 aromatic rings. The van der Waals surface area contributed by atoms with E-state index in [9.17, 15) is 22.8 Å². The maximum absolute atomic E-state index is 12.9. The van der Waals surface area contributed by atoms with Crippen molar-refractivity contribution in [2.75, 3.05) is 5.43 Å². The van der Waals surface area contributed by atoms with Crippen LogP contribution in [0.4, 0.5) is 18.9 Å². The number of halogens is 3. The number of alkyl halides is 3. The summed E-state index contributed by atoms with van der Waals surface area (Å²) in [7, 11) is 0. The Labute approximate surface area is 138 Å². The summed E-state index contributed by atoms with van der Waals surface area (Å²) in [5.41, 5.74) is 3.90. The number of rotatable bonds is 4. The fourth-order valence-electron chi connectivity index (χ4n) is 2.32. The number of nitrogens with zero attached hydrogens (tertiary/aromatic N) is 1. The van der Waals surface area contributed by atoms with E-state index < -0.39 is 29.9 Å². The molecule has 1 heterocycles. The molecule has 1 amide bonds. The molecule has 2 N–H and O–H groups in total. The number of hydrogen-bond donors (Lipinski definition) is 2. The number of hydrazine groups is 1. The fourth-order valence-corrected chi connectivity index (χ4v) is 2.32. The minimum absolute atomic E-state index is 0.298. The number of para-hydroxylation sites is 3. The number of anilines is 1. The lowest BCUT2D eigenvalue weighted by Crippen LogP contribution is -2.35. The quantitative estimate of drug-likeness (QED) is 0.709. The lowest BCUT2D eigenvalue weighted by Gasteiger charge is -2.14. The molecule has 25 heavy (non-hydrogen) atoms. The van der Waals surface area contributed by atoms with Gasteiger partial charge in [0.2, 0.25) is 0 Å². The maximum atomic E-state index is 12.9. The van der Waals surface area contributed by atoms with Crippen molar-refractivity contribution in [1.82, 2.24) is 9.99 Å². The number of benzene rings is 2. The minimum atomic E-state index is -4.56. The van der Waals surface area contributed by atoms with Crippen molar-refractivity contribution in [2.24, 2.45) is 0 Å². The summed E-state index contributed by atoms with van der Waals surface area (Å²) >= 11 is 0. The zero-order valence-electron chi connectivity index (χ0n) is 12.6. The summed E-state index contributed by atoms with van der Waals surface area (Å²) in [4.78, 5) is 23.8. The maximum Gasteiger partial charge on any atom is 0.420 e. The first-order valence-electron chi connectivity index (χ1n) is 7.16. The van der Waals surface area contributed by atoms with E-state index >= 15 is 0 Å². The van der Waals surface area contributed by atoms with Gasteiger partial charge in [0.05, 0.1) is 16.8 Å². The van der Waals surface area contributed by atoms with E-state index in [1.54, 1.807) is 24.3 Å². The van der Waals surface area contributed by atoms with Gasteiger partial charge in [0.1, 0.15) is 6.54 Å². The van der Waals surface area contributed by atoms with Crippen molar-refractivity contribution < 1.29 is 22.4 Å². The second-order valence-corrected chi connectivity index (χ2v) is 5.14. The van der Waals surface area contributed by atoms with Crippen molar-refractivity contribution in [3.63, 3.8) is 0 Å². The molecule has 0 bridgehead atoms. The molecule has 6 nitrogen and oxygen atoms in total. The average molecular weight is 351 g/mol. The van der Waals surface area contributed by atoms with E-state index in [4.69, 9.17) is 4.42 Å². The lowest BCUT2D eigenvalue weighted by molar-refractivity contribution is -0.137. The van der Waals surface area contributed by atoms with E-state index in [2.05, 4.69) is 10.9 Å². The molecule has 3 rings (SSSR count). The van der Waals surface area contributed by atoms with Crippen LogP contribution in [-0.4, -0.2) is 10.5 Å². The Morgan fingerprint density at radius 3 is 2.52 bits per heavy atom. The zero-order valence-corrected chi connectivity index (χ0v) is 12.6. The van der Waals surface area contributed by atoms with Crippen LogP contribution in [0.2, 0.25) is 0 Å². The van der Waals surface area contributed by atoms with Gasteiger partial charge in [-0.2, -0.15) is 13.2 Å². The van der Waals surface area contributed by atoms with Crippen LogP contribution in [0.25, 0.3) is 11.1 Å². The normalized spacial score (nSPS) is 11.5. The van der Waals surface area contributed by atoms with Gasteiger partial charge in [-0.25, -0.2) is 4.79 Å². The summed E-state index contributed by atoms with van der Waals surface area (Å²) in [6.45, 7) is -0.406. The van der Waals surface area contributed by atoms with E-state index in [1.807, 2.05) is 0 Å². The van der Waals surface area contributed by atoms with Crippen molar-refractivity contribution in [1.29, 1.82) is 0 Å². The predicted molar refractivity (Wildman–Crippen MR) is 83.7 cm³/mol. The molecule has 0 unspecified atom stereocenters. The van der Waals surface area contributed by atoms with E-state index in [0.717, 1.165) is 10.6 Å². The third-order valence-corrected chi connectivity index (χ3v) is 3.44. The highest BCUT2D eigenvalue weighted by molar-refractivity contribution is 5.80. The summed E-state index contributed by atoms with van der Waals surface area (Å²) in [5.74, 6) is -1.43. The molecule has 0 radical (unpaired) electrons. The first kappa shape index (κ1) is 16.6. The number of nitrogens with one attached hydrogen (secondary N) is 2. The molecule has 9 heteroatoms. The van der Waals surface area contributed by atoms with Gasteiger partial charge >= 0.3 is 11.9 Å². The van der Waals surface area contributed by atoms with Crippen LogP contribution in [0.5, 0.6) is 0 Å². The number of aromatic nitrogens is 1. The standard InChI is InChI=1S/C16H12F3N3O3/c17-16(18,19)10-5-1-2-6-11(10)20-21-14(23)9-22-12-7-3-4-8-13(12)25-15(22)24/h1-8,20H,9H2,(H,21,23). The van der Waals surface area contributed by atoms with Gasteiger partial charge in [-0.05, 0) is 24.3 Å². The fraction of sp³-hybridized carbons (Fsp3) is 0.125. The van der Waals surface area contributed by atoms with Crippen molar-refractivity contribution in [2.45, 2.75) is 12.7 Å². The predicted octanol–water partition coefficient (Wildman–Crippen LogP) is 2.76. The van der Waals surface area contributed by atoms with Crippen molar-refractivity contribution in [3.8, 4) is 0 Å². The molecule has 0 aliphatic heterocycles. The van der Waals surface area contributed by atoms with Gasteiger partial charge in [0, 0.05) is 0 Å². The number of amides is 1.